The second kappa shape index (κ2) is 7.89. The molecule has 0 aromatic carbocycles. The largest absolute Gasteiger partial charge is 0.465 e. The van der Waals surface area contributed by atoms with Crippen LogP contribution in [-0.2, 0) is 11.3 Å². The van der Waals surface area contributed by atoms with E-state index in [9.17, 15) is 4.79 Å². The number of carbonyl (C=O) groups is 1. The van der Waals surface area contributed by atoms with E-state index in [1.165, 1.54) is 13.5 Å². The number of rotatable bonds is 7. The molecule has 0 aliphatic heterocycles. The first-order chi connectivity index (χ1) is 9.06. The summed E-state index contributed by atoms with van der Waals surface area (Å²) in [6.45, 7) is 7.39. The molecule has 4 nitrogen and oxygen atoms in total. The van der Waals surface area contributed by atoms with Crippen LogP contribution < -0.4 is 5.32 Å². The van der Waals surface area contributed by atoms with Crippen molar-refractivity contribution in [1.29, 1.82) is 0 Å². The third kappa shape index (κ3) is 5.39. The Morgan fingerprint density at radius 2 is 2.16 bits per heavy atom. The summed E-state index contributed by atoms with van der Waals surface area (Å²) in [7, 11) is 1.37. The molecule has 4 heteroatoms. The third-order valence-corrected chi connectivity index (χ3v) is 3.33. The maximum atomic E-state index is 11.3. The number of nitrogens with one attached hydrogen (secondary N) is 1. The zero-order valence-corrected chi connectivity index (χ0v) is 12.3. The highest BCUT2D eigenvalue weighted by Gasteiger charge is 2.08. The Hall–Kier alpha value is -1.42. The van der Waals surface area contributed by atoms with Crippen LogP contribution in [0.2, 0.25) is 0 Å². The average Bonchev–Trinajstić information content (AvgIpc) is 2.44. The fourth-order valence-corrected chi connectivity index (χ4v) is 1.90. The summed E-state index contributed by atoms with van der Waals surface area (Å²) in [5.41, 5.74) is 1.42. The molecule has 0 fully saturated rings. The molecule has 0 saturated carbocycles. The van der Waals surface area contributed by atoms with E-state index >= 15 is 0 Å². The minimum atomic E-state index is -0.350. The molecule has 2 unspecified atom stereocenters. The molecule has 1 N–H and O–H groups in total. The number of hydrogen-bond acceptors (Lipinski definition) is 4. The number of methoxy groups -OCH3 is 1. The van der Waals surface area contributed by atoms with Crippen LogP contribution in [-0.4, -0.2) is 24.1 Å². The van der Waals surface area contributed by atoms with Gasteiger partial charge in [-0.25, -0.2) is 4.79 Å². The van der Waals surface area contributed by atoms with Gasteiger partial charge in [0.15, 0.2) is 0 Å². The van der Waals surface area contributed by atoms with Crippen molar-refractivity contribution >= 4 is 5.97 Å². The summed E-state index contributed by atoms with van der Waals surface area (Å²) in [4.78, 5) is 15.5. The van der Waals surface area contributed by atoms with E-state index < -0.39 is 0 Å². The predicted octanol–water partition coefficient (Wildman–Crippen LogP) is 2.78. The summed E-state index contributed by atoms with van der Waals surface area (Å²) < 4.78 is 4.64. The Balaban J connectivity index is 2.43. The normalized spacial score (nSPS) is 13.9. The highest BCUT2D eigenvalue weighted by molar-refractivity contribution is 5.88. The van der Waals surface area contributed by atoms with Gasteiger partial charge >= 0.3 is 5.97 Å². The number of hydrogen-bond donors (Lipinski definition) is 1. The van der Waals surface area contributed by atoms with Gasteiger partial charge in [-0.2, -0.15) is 0 Å². The van der Waals surface area contributed by atoms with E-state index in [1.807, 2.05) is 6.07 Å². The SMILES string of the molecule is CCC(C)CC(C)NCc1ccc(C(=O)OC)cn1. The van der Waals surface area contributed by atoms with Crippen LogP contribution in [0.25, 0.3) is 0 Å². The van der Waals surface area contributed by atoms with Crippen LogP contribution in [0.4, 0.5) is 0 Å². The maximum Gasteiger partial charge on any atom is 0.339 e. The molecule has 0 spiro atoms. The zero-order valence-electron chi connectivity index (χ0n) is 12.3. The lowest BCUT2D eigenvalue weighted by atomic mass is 10.0. The third-order valence-electron chi connectivity index (χ3n) is 3.33. The number of pyridine rings is 1. The standard InChI is InChI=1S/C15H24N2O2/c1-5-11(2)8-12(3)16-10-14-7-6-13(9-17-14)15(18)19-4/h6-7,9,11-12,16H,5,8,10H2,1-4H3. The fraction of sp³-hybridized carbons (Fsp3) is 0.600. The number of nitrogens with zero attached hydrogens (tertiary/aromatic N) is 1. The first-order valence-electron chi connectivity index (χ1n) is 6.83. The molecule has 0 radical (unpaired) electrons. The average molecular weight is 264 g/mol. The molecule has 0 saturated heterocycles. The molecule has 1 heterocycles. The minimum Gasteiger partial charge on any atom is -0.465 e. The number of aromatic nitrogens is 1. The summed E-state index contributed by atoms with van der Waals surface area (Å²) in [6, 6.07) is 4.07. The quantitative estimate of drug-likeness (QED) is 0.769. The van der Waals surface area contributed by atoms with Gasteiger partial charge in [0.25, 0.3) is 0 Å². The van der Waals surface area contributed by atoms with E-state index in [2.05, 4.69) is 35.8 Å². The van der Waals surface area contributed by atoms with Gasteiger partial charge in [0.2, 0.25) is 0 Å². The van der Waals surface area contributed by atoms with Crippen LogP contribution >= 0.6 is 0 Å². The van der Waals surface area contributed by atoms with Gasteiger partial charge in [0.05, 0.1) is 18.4 Å². The predicted molar refractivity (Wildman–Crippen MR) is 76.0 cm³/mol. The zero-order chi connectivity index (χ0) is 14.3. The molecule has 106 valence electrons. The minimum absolute atomic E-state index is 0.350. The molecule has 0 bridgehead atoms. The maximum absolute atomic E-state index is 11.3. The van der Waals surface area contributed by atoms with Crippen LogP contribution in [0.15, 0.2) is 18.3 Å². The smallest absolute Gasteiger partial charge is 0.339 e. The van der Waals surface area contributed by atoms with E-state index in [0.717, 1.165) is 24.6 Å². The highest BCUT2D eigenvalue weighted by atomic mass is 16.5. The first-order valence-corrected chi connectivity index (χ1v) is 6.83. The lowest BCUT2D eigenvalue weighted by Crippen LogP contribution is -2.27. The van der Waals surface area contributed by atoms with Crippen molar-refractivity contribution in [2.75, 3.05) is 7.11 Å². The summed E-state index contributed by atoms with van der Waals surface area (Å²) in [6.07, 6.45) is 3.93. The monoisotopic (exact) mass is 264 g/mol. The van der Waals surface area contributed by atoms with Crippen molar-refractivity contribution in [2.24, 2.45) is 5.92 Å². The van der Waals surface area contributed by atoms with E-state index in [0.29, 0.717) is 11.6 Å². The van der Waals surface area contributed by atoms with E-state index in [-0.39, 0.29) is 5.97 Å². The summed E-state index contributed by atoms with van der Waals surface area (Å²) in [5, 5.41) is 3.45. The van der Waals surface area contributed by atoms with Gasteiger partial charge in [-0.05, 0) is 31.4 Å². The van der Waals surface area contributed by atoms with Crippen LogP contribution in [0, 0.1) is 5.92 Å². The summed E-state index contributed by atoms with van der Waals surface area (Å²) >= 11 is 0. The summed E-state index contributed by atoms with van der Waals surface area (Å²) in [5.74, 6) is 0.384. The van der Waals surface area contributed by atoms with Gasteiger partial charge in [0.1, 0.15) is 0 Å². The van der Waals surface area contributed by atoms with Crippen molar-refractivity contribution < 1.29 is 9.53 Å². The first kappa shape index (κ1) is 15.6. The van der Waals surface area contributed by atoms with Gasteiger partial charge in [-0.15, -0.1) is 0 Å². The van der Waals surface area contributed by atoms with Crippen molar-refractivity contribution in [3.63, 3.8) is 0 Å². The molecule has 19 heavy (non-hydrogen) atoms. The fourth-order valence-electron chi connectivity index (χ4n) is 1.90. The highest BCUT2D eigenvalue weighted by Crippen LogP contribution is 2.10. The van der Waals surface area contributed by atoms with E-state index in [1.54, 1.807) is 12.3 Å². The number of carbonyl (C=O) groups excluding carboxylic acids is 1. The lowest BCUT2D eigenvalue weighted by molar-refractivity contribution is 0.0600. The molecule has 1 aromatic heterocycles. The molecule has 1 aromatic rings. The Kier molecular flexibility index (Phi) is 6.50. The Labute approximate surface area is 115 Å². The number of esters is 1. The van der Waals surface area contributed by atoms with Crippen molar-refractivity contribution in [1.82, 2.24) is 10.3 Å². The molecule has 0 aliphatic rings. The van der Waals surface area contributed by atoms with Gasteiger partial charge in [0, 0.05) is 18.8 Å². The Bertz CT molecular complexity index is 390. The number of ether oxygens (including phenoxy) is 1. The second-order valence-electron chi connectivity index (χ2n) is 5.06. The lowest BCUT2D eigenvalue weighted by Gasteiger charge is -2.17. The second-order valence-corrected chi connectivity index (χ2v) is 5.06. The van der Waals surface area contributed by atoms with Crippen molar-refractivity contribution in [3.05, 3.63) is 29.6 Å². The van der Waals surface area contributed by atoms with Crippen LogP contribution in [0.5, 0.6) is 0 Å². The van der Waals surface area contributed by atoms with Crippen LogP contribution in [0.1, 0.15) is 49.7 Å². The van der Waals surface area contributed by atoms with Gasteiger partial charge in [-0.1, -0.05) is 20.3 Å². The van der Waals surface area contributed by atoms with Crippen molar-refractivity contribution in [3.8, 4) is 0 Å². The van der Waals surface area contributed by atoms with Gasteiger partial charge < -0.3 is 10.1 Å². The van der Waals surface area contributed by atoms with Crippen LogP contribution in [0.3, 0.4) is 0 Å². The molecule has 0 amide bonds. The Morgan fingerprint density at radius 1 is 1.42 bits per heavy atom. The Morgan fingerprint density at radius 3 is 2.68 bits per heavy atom. The molecular formula is C15H24N2O2. The van der Waals surface area contributed by atoms with Gasteiger partial charge in [-0.3, -0.25) is 4.98 Å². The van der Waals surface area contributed by atoms with E-state index in [4.69, 9.17) is 0 Å². The molecule has 2 atom stereocenters. The topological polar surface area (TPSA) is 51.2 Å². The van der Waals surface area contributed by atoms with Crippen molar-refractivity contribution in [2.45, 2.75) is 46.2 Å². The molecule has 0 aliphatic carbocycles. The molecule has 1 rings (SSSR count). The molecular weight excluding hydrogens is 240 g/mol.